The van der Waals surface area contributed by atoms with Crippen molar-refractivity contribution in [2.45, 2.75) is 0 Å². The molecule has 2 aromatic rings. The number of hydrogen-bond acceptors (Lipinski definition) is 1. The Labute approximate surface area is 77.4 Å². The van der Waals surface area contributed by atoms with Gasteiger partial charge in [-0.25, -0.2) is 4.39 Å². The first-order valence-corrected chi connectivity index (χ1v) is 4.25. The van der Waals surface area contributed by atoms with E-state index in [1.54, 1.807) is 18.5 Å². The monoisotopic (exact) mass is 225 g/mol. The minimum Gasteiger partial charge on any atom is -0.264 e. The molecule has 1 nitrogen and oxygen atoms in total. The number of halogens is 2. The second-order valence-corrected chi connectivity index (χ2v) is 3.34. The predicted molar refractivity (Wildman–Crippen MR) is 49.4 cm³/mol. The van der Waals surface area contributed by atoms with Crippen molar-refractivity contribution in [2.24, 2.45) is 0 Å². The first kappa shape index (κ1) is 7.68. The summed E-state index contributed by atoms with van der Waals surface area (Å²) >= 11 is 3.12. The van der Waals surface area contributed by atoms with Gasteiger partial charge in [-0.3, -0.25) is 4.98 Å². The summed E-state index contributed by atoms with van der Waals surface area (Å²) in [5, 5.41) is 1.80. The molecule has 1 aromatic carbocycles. The molecule has 1 aromatic heterocycles. The molecule has 0 aliphatic heterocycles. The molecular weight excluding hydrogens is 221 g/mol. The molecule has 3 heteroatoms. The Kier molecular flexibility index (Phi) is 1.81. The number of hydrogen-bond donors (Lipinski definition) is 0. The summed E-state index contributed by atoms with van der Waals surface area (Å²) in [6.45, 7) is 0. The van der Waals surface area contributed by atoms with Gasteiger partial charge >= 0.3 is 0 Å². The summed E-state index contributed by atoms with van der Waals surface area (Å²) in [6, 6.07) is 5.05. The molecule has 0 fully saturated rings. The number of benzene rings is 1. The minimum atomic E-state index is -0.254. The van der Waals surface area contributed by atoms with Crippen LogP contribution in [0.15, 0.2) is 35.1 Å². The topological polar surface area (TPSA) is 12.9 Å². The zero-order valence-corrected chi connectivity index (χ0v) is 7.68. The van der Waals surface area contributed by atoms with Crippen LogP contribution in [0.1, 0.15) is 0 Å². The Morgan fingerprint density at radius 1 is 1.25 bits per heavy atom. The third-order valence-corrected chi connectivity index (χ3v) is 2.29. The number of nitrogens with zero attached hydrogens (tertiary/aromatic N) is 1. The van der Waals surface area contributed by atoms with Crippen LogP contribution in [-0.4, -0.2) is 4.98 Å². The van der Waals surface area contributed by atoms with Crippen LogP contribution < -0.4 is 0 Å². The molecule has 0 aliphatic rings. The first-order chi connectivity index (χ1) is 5.77. The van der Waals surface area contributed by atoms with E-state index >= 15 is 0 Å². The van der Waals surface area contributed by atoms with Crippen molar-refractivity contribution in [3.05, 3.63) is 40.9 Å². The van der Waals surface area contributed by atoms with E-state index in [1.807, 2.05) is 6.07 Å². The van der Waals surface area contributed by atoms with Crippen molar-refractivity contribution >= 4 is 26.7 Å². The SMILES string of the molecule is Fc1cc2cnccc2cc1Br. The first-order valence-electron chi connectivity index (χ1n) is 3.46. The van der Waals surface area contributed by atoms with Gasteiger partial charge in [0.05, 0.1) is 4.47 Å². The summed E-state index contributed by atoms with van der Waals surface area (Å²) in [7, 11) is 0. The van der Waals surface area contributed by atoms with Gasteiger partial charge in [-0.2, -0.15) is 0 Å². The van der Waals surface area contributed by atoms with Gasteiger partial charge in [-0.1, -0.05) is 0 Å². The Bertz CT molecular complexity index is 387. The third-order valence-electron chi connectivity index (χ3n) is 1.68. The van der Waals surface area contributed by atoms with Crippen LogP contribution >= 0.6 is 15.9 Å². The Balaban J connectivity index is 2.84. The molecule has 0 bridgehead atoms. The lowest BCUT2D eigenvalue weighted by molar-refractivity contribution is 0.623. The fraction of sp³-hybridized carbons (Fsp3) is 0. The van der Waals surface area contributed by atoms with Crippen LogP contribution in [0, 0.1) is 5.82 Å². The van der Waals surface area contributed by atoms with E-state index in [-0.39, 0.29) is 5.82 Å². The maximum atomic E-state index is 13.0. The molecule has 0 atom stereocenters. The van der Waals surface area contributed by atoms with E-state index in [0.717, 1.165) is 10.8 Å². The lowest BCUT2D eigenvalue weighted by atomic mass is 10.2. The molecule has 0 spiro atoms. The van der Waals surface area contributed by atoms with Crippen LogP contribution in [0.5, 0.6) is 0 Å². The van der Waals surface area contributed by atoms with E-state index < -0.39 is 0 Å². The normalized spacial score (nSPS) is 10.5. The van der Waals surface area contributed by atoms with Gasteiger partial charge in [0.15, 0.2) is 0 Å². The van der Waals surface area contributed by atoms with Gasteiger partial charge in [0.2, 0.25) is 0 Å². The molecule has 0 amide bonds. The average Bonchev–Trinajstić information content (AvgIpc) is 2.07. The van der Waals surface area contributed by atoms with Gasteiger partial charge in [0, 0.05) is 17.8 Å². The Hall–Kier alpha value is -0.960. The van der Waals surface area contributed by atoms with E-state index in [9.17, 15) is 4.39 Å². The van der Waals surface area contributed by atoms with Crippen LogP contribution in [0.2, 0.25) is 0 Å². The van der Waals surface area contributed by atoms with Gasteiger partial charge < -0.3 is 0 Å². The van der Waals surface area contributed by atoms with Crippen molar-refractivity contribution in [3.8, 4) is 0 Å². The summed E-state index contributed by atoms with van der Waals surface area (Å²) in [5.41, 5.74) is 0. The summed E-state index contributed by atoms with van der Waals surface area (Å²) in [4.78, 5) is 3.90. The quantitative estimate of drug-likeness (QED) is 0.672. The van der Waals surface area contributed by atoms with Crippen LogP contribution in [-0.2, 0) is 0 Å². The summed E-state index contributed by atoms with van der Waals surface area (Å²) in [5.74, 6) is -0.254. The highest BCUT2D eigenvalue weighted by Gasteiger charge is 2.00. The van der Waals surface area contributed by atoms with Gasteiger partial charge in [-0.15, -0.1) is 0 Å². The molecule has 0 unspecified atom stereocenters. The average molecular weight is 226 g/mol. The number of rotatable bonds is 0. The van der Waals surface area contributed by atoms with Gasteiger partial charge in [-0.05, 0) is 39.5 Å². The summed E-state index contributed by atoms with van der Waals surface area (Å²) in [6.07, 6.45) is 3.33. The highest BCUT2D eigenvalue weighted by Crippen LogP contribution is 2.21. The molecule has 0 saturated heterocycles. The molecule has 0 saturated carbocycles. The number of pyridine rings is 1. The molecule has 0 N–H and O–H groups in total. The molecule has 60 valence electrons. The van der Waals surface area contributed by atoms with Gasteiger partial charge in [0.25, 0.3) is 0 Å². The van der Waals surface area contributed by atoms with Crippen molar-refractivity contribution in [1.82, 2.24) is 4.98 Å². The lowest BCUT2D eigenvalue weighted by Gasteiger charge is -1.98. The maximum Gasteiger partial charge on any atom is 0.138 e. The van der Waals surface area contributed by atoms with Crippen molar-refractivity contribution in [2.75, 3.05) is 0 Å². The smallest absolute Gasteiger partial charge is 0.138 e. The van der Waals surface area contributed by atoms with E-state index in [1.165, 1.54) is 6.07 Å². The largest absolute Gasteiger partial charge is 0.264 e. The second kappa shape index (κ2) is 2.83. The maximum absolute atomic E-state index is 13.0. The van der Waals surface area contributed by atoms with Gasteiger partial charge in [0.1, 0.15) is 5.82 Å². The molecular formula is C9H5BrFN. The number of aromatic nitrogens is 1. The van der Waals surface area contributed by atoms with Crippen LogP contribution in [0.4, 0.5) is 4.39 Å². The second-order valence-electron chi connectivity index (χ2n) is 2.49. The fourth-order valence-electron chi connectivity index (χ4n) is 1.08. The highest BCUT2D eigenvalue weighted by molar-refractivity contribution is 9.10. The molecule has 0 aliphatic carbocycles. The van der Waals surface area contributed by atoms with Crippen molar-refractivity contribution in [1.29, 1.82) is 0 Å². The van der Waals surface area contributed by atoms with Crippen LogP contribution in [0.25, 0.3) is 10.8 Å². The summed E-state index contributed by atoms with van der Waals surface area (Å²) < 4.78 is 13.5. The van der Waals surface area contributed by atoms with Crippen molar-refractivity contribution in [3.63, 3.8) is 0 Å². The third kappa shape index (κ3) is 1.20. The van der Waals surface area contributed by atoms with E-state index in [0.29, 0.717) is 4.47 Å². The Morgan fingerprint density at radius 2 is 2.08 bits per heavy atom. The number of fused-ring (bicyclic) bond motifs is 1. The fourth-order valence-corrected chi connectivity index (χ4v) is 1.44. The zero-order valence-electron chi connectivity index (χ0n) is 6.09. The molecule has 1 heterocycles. The lowest BCUT2D eigenvalue weighted by Crippen LogP contribution is -1.79. The minimum absolute atomic E-state index is 0.254. The van der Waals surface area contributed by atoms with E-state index in [2.05, 4.69) is 20.9 Å². The van der Waals surface area contributed by atoms with Crippen LogP contribution in [0.3, 0.4) is 0 Å². The van der Waals surface area contributed by atoms with Crippen molar-refractivity contribution < 1.29 is 4.39 Å². The highest BCUT2D eigenvalue weighted by atomic mass is 79.9. The van der Waals surface area contributed by atoms with E-state index in [4.69, 9.17) is 0 Å². The zero-order chi connectivity index (χ0) is 8.55. The Morgan fingerprint density at radius 3 is 2.92 bits per heavy atom. The molecule has 12 heavy (non-hydrogen) atoms. The predicted octanol–water partition coefficient (Wildman–Crippen LogP) is 3.14. The molecule has 0 radical (unpaired) electrons. The molecule has 2 rings (SSSR count). The standard InChI is InChI=1S/C9H5BrFN/c10-8-3-6-1-2-12-5-7(6)4-9(8)11/h1-5H.